The largest absolute Gasteiger partial charge is 0.493 e. The number of hydrogen-bond donors (Lipinski definition) is 1. The van der Waals surface area contributed by atoms with Gasteiger partial charge in [-0.1, -0.05) is 40.2 Å². The summed E-state index contributed by atoms with van der Waals surface area (Å²) < 4.78 is 11.6. The molecule has 0 aromatic heterocycles. The van der Waals surface area contributed by atoms with E-state index in [1.807, 2.05) is 36.4 Å². The third-order valence-electron chi connectivity index (χ3n) is 3.67. The first kappa shape index (κ1) is 16.8. The number of aliphatic hydroxyl groups is 1. The summed E-state index contributed by atoms with van der Waals surface area (Å²) >= 11 is 3.55. The van der Waals surface area contributed by atoms with Crippen LogP contribution >= 0.6 is 15.9 Å². The quantitative estimate of drug-likeness (QED) is 0.784. The highest BCUT2D eigenvalue weighted by Crippen LogP contribution is 2.31. The minimum absolute atomic E-state index is 0.498. The molecule has 0 amide bonds. The number of aryl methyl sites for hydroxylation is 1. The fraction of sp³-hybridized carbons (Fsp3) is 0.333. The number of rotatable bonds is 7. The van der Waals surface area contributed by atoms with Gasteiger partial charge < -0.3 is 14.6 Å². The summed E-state index contributed by atoms with van der Waals surface area (Å²) in [7, 11) is 3.20. The Bertz CT molecular complexity index is 613. The van der Waals surface area contributed by atoms with Gasteiger partial charge in [-0.2, -0.15) is 0 Å². The van der Waals surface area contributed by atoms with Crippen molar-refractivity contribution in [2.45, 2.75) is 25.4 Å². The Morgan fingerprint density at radius 2 is 1.77 bits per heavy atom. The maximum absolute atomic E-state index is 10.3. The van der Waals surface area contributed by atoms with Crippen LogP contribution in [-0.4, -0.2) is 19.3 Å². The van der Waals surface area contributed by atoms with Crippen LogP contribution in [0.2, 0.25) is 0 Å². The maximum Gasteiger partial charge on any atom is 0.161 e. The summed E-state index contributed by atoms with van der Waals surface area (Å²) in [5, 5.41) is 10.3. The number of halogens is 1. The summed E-state index contributed by atoms with van der Waals surface area (Å²) in [6.07, 6.45) is 2.06. The molecule has 0 heterocycles. The van der Waals surface area contributed by atoms with E-state index >= 15 is 0 Å². The Kier molecular flexibility index (Phi) is 6.28. The Labute approximate surface area is 140 Å². The van der Waals surface area contributed by atoms with Crippen LogP contribution in [0.25, 0.3) is 0 Å². The molecule has 2 rings (SSSR count). The van der Waals surface area contributed by atoms with Gasteiger partial charge >= 0.3 is 0 Å². The average Bonchev–Trinajstić information content (AvgIpc) is 2.55. The highest BCUT2D eigenvalue weighted by atomic mass is 79.9. The number of methoxy groups -OCH3 is 2. The zero-order valence-corrected chi connectivity index (χ0v) is 14.5. The van der Waals surface area contributed by atoms with Gasteiger partial charge in [0.05, 0.1) is 20.3 Å². The molecular formula is C18H21BrO3. The molecule has 0 fully saturated rings. The molecule has 4 heteroatoms. The van der Waals surface area contributed by atoms with Crippen molar-refractivity contribution in [2.75, 3.05) is 14.2 Å². The second-order valence-electron chi connectivity index (χ2n) is 5.11. The van der Waals surface area contributed by atoms with E-state index in [1.165, 1.54) is 5.56 Å². The first-order valence-electron chi connectivity index (χ1n) is 7.29. The van der Waals surface area contributed by atoms with Crippen molar-refractivity contribution in [3.8, 4) is 11.5 Å². The number of hydrogen-bond acceptors (Lipinski definition) is 3. The predicted molar refractivity (Wildman–Crippen MR) is 91.6 cm³/mol. The van der Waals surface area contributed by atoms with Crippen molar-refractivity contribution < 1.29 is 14.6 Å². The molecule has 118 valence electrons. The predicted octanol–water partition coefficient (Wildman–Crippen LogP) is 4.52. The topological polar surface area (TPSA) is 38.7 Å². The van der Waals surface area contributed by atoms with E-state index in [1.54, 1.807) is 14.2 Å². The number of benzene rings is 2. The smallest absolute Gasteiger partial charge is 0.161 e. The molecule has 0 radical (unpaired) electrons. The third kappa shape index (κ3) is 4.24. The van der Waals surface area contributed by atoms with E-state index in [-0.39, 0.29) is 0 Å². The van der Waals surface area contributed by atoms with Crippen molar-refractivity contribution in [2.24, 2.45) is 0 Å². The van der Waals surface area contributed by atoms with Gasteiger partial charge in [-0.05, 0) is 48.6 Å². The van der Waals surface area contributed by atoms with E-state index in [4.69, 9.17) is 9.47 Å². The molecule has 2 aromatic carbocycles. The summed E-state index contributed by atoms with van der Waals surface area (Å²) in [6, 6.07) is 13.7. The van der Waals surface area contributed by atoms with Gasteiger partial charge in [0.25, 0.3) is 0 Å². The summed E-state index contributed by atoms with van der Waals surface area (Å²) in [5.74, 6) is 1.32. The number of aliphatic hydroxyl groups excluding tert-OH is 1. The summed E-state index contributed by atoms with van der Waals surface area (Å²) in [4.78, 5) is 0. The molecule has 3 nitrogen and oxygen atoms in total. The van der Waals surface area contributed by atoms with Crippen molar-refractivity contribution in [1.82, 2.24) is 0 Å². The van der Waals surface area contributed by atoms with Crippen LogP contribution in [0.4, 0.5) is 0 Å². The fourth-order valence-corrected chi connectivity index (χ4v) is 2.90. The minimum Gasteiger partial charge on any atom is -0.493 e. The van der Waals surface area contributed by atoms with Gasteiger partial charge in [0.2, 0.25) is 0 Å². The third-order valence-corrected chi connectivity index (χ3v) is 4.45. The van der Waals surface area contributed by atoms with Gasteiger partial charge in [0, 0.05) is 4.47 Å². The Morgan fingerprint density at radius 1 is 1.05 bits per heavy atom. The van der Waals surface area contributed by atoms with Crippen LogP contribution in [0.1, 0.15) is 30.1 Å². The molecule has 1 atom stereocenters. The second-order valence-corrected chi connectivity index (χ2v) is 5.97. The van der Waals surface area contributed by atoms with Crippen molar-refractivity contribution >= 4 is 15.9 Å². The first-order valence-corrected chi connectivity index (χ1v) is 8.08. The second kappa shape index (κ2) is 8.20. The molecule has 0 aliphatic carbocycles. The van der Waals surface area contributed by atoms with Crippen molar-refractivity contribution in [3.63, 3.8) is 0 Å². The molecule has 22 heavy (non-hydrogen) atoms. The van der Waals surface area contributed by atoms with Crippen LogP contribution in [0.3, 0.4) is 0 Å². The lowest BCUT2D eigenvalue weighted by molar-refractivity contribution is 0.164. The van der Waals surface area contributed by atoms with Crippen LogP contribution in [0.5, 0.6) is 11.5 Å². The Balaban J connectivity index is 1.95. The van der Waals surface area contributed by atoms with Gasteiger partial charge in [0.15, 0.2) is 11.5 Å². The highest BCUT2D eigenvalue weighted by molar-refractivity contribution is 9.10. The zero-order chi connectivity index (χ0) is 15.9. The normalized spacial score (nSPS) is 12.0. The molecule has 0 aliphatic rings. The summed E-state index contributed by atoms with van der Waals surface area (Å²) in [5.41, 5.74) is 2.12. The van der Waals surface area contributed by atoms with Gasteiger partial charge in [-0.15, -0.1) is 0 Å². The van der Waals surface area contributed by atoms with Crippen LogP contribution < -0.4 is 9.47 Å². The van der Waals surface area contributed by atoms with Gasteiger partial charge in [-0.25, -0.2) is 0 Å². The van der Waals surface area contributed by atoms with Gasteiger partial charge in [-0.3, -0.25) is 0 Å². The number of ether oxygens (including phenoxy) is 2. The van der Waals surface area contributed by atoms with Crippen molar-refractivity contribution in [1.29, 1.82) is 0 Å². The molecule has 0 bridgehead atoms. The SMILES string of the molecule is COc1ccc(C(O)CCCc2ccccc2Br)cc1OC. The lowest BCUT2D eigenvalue weighted by atomic mass is 10.0. The van der Waals surface area contributed by atoms with E-state index in [0.29, 0.717) is 17.9 Å². The standard InChI is InChI=1S/C18H21BrO3/c1-21-17-11-10-14(12-18(17)22-2)16(20)9-5-7-13-6-3-4-8-15(13)19/h3-4,6,8,10-12,16,20H,5,7,9H2,1-2H3. The molecule has 0 aliphatic heterocycles. The van der Waals surface area contributed by atoms with Gasteiger partial charge in [0.1, 0.15) is 0 Å². The summed E-state index contributed by atoms with van der Waals surface area (Å²) in [6.45, 7) is 0. The molecule has 0 spiro atoms. The molecular weight excluding hydrogens is 344 g/mol. The zero-order valence-electron chi connectivity index (χ0n) is 12.9. The maximum atomic E-state index is 10.3. The monoisotopic (exact) mass is 364 g/mol. The van der Waals surface area contributed by atoms with Crippen LogP contribution in [0, 0.1) is 0 Å². The first-order chi connectivity index (χ1) is 10.7. The lowest BCUT2D eigenvalue weighted by Crippen LogP contribution is -2.00. The highest BCUT2D eigenvalue weighted by Gasteiger charge is 2.12. The fourth-order valence-electron chi connectivity index (χ4n) is 2.41. The molecule has 1 N–H and O–H groups in total. The molecule has 2 aromatic rings. The van der Waals surface area contributed by atoms with E-state index in [9.17, 15) is 5.11 Å². The van der Waals surface area contributed by atoms with Crippen molar-refractivity contribution in [3.05, 3.63) is 58.1 Å². The van der Waals surface area contributed by atoms with E-state index in [2.05, 4.69) is 22.0 Å². The molecule has 0 saturated heterocycles. The van der Waals surface area contributed by atoms with E-state index < -0.39 is 6.10 Å². The Morgan fingerprint density at radius 3 is 2.45 bits per heavy atom. The lowest BCUT2D eigenvalue weighted by Gasteiger charge is -2.14. The minimum atomic E-state index is -0.498. The average molecular weight is 365 g/mol. The Hall–Kier alpha value is -1.52. The molecule has 0 saturated carbocycles. The van der Waals surface area contributed by atoms with E-state index in [0.717, 1.165) is 22.9 Å². The van der Waals surface area contributed by atoms with Crippen LogP contribution in [-0.2, 0) is 6.42 Å². The van der Waals surface area contributed by atoms with Crippen LogP contribution in [0.15, 0.2) is 46.9 Å². The molecule has 1 unspecified atom stereocenters.